The fourth-order valence-electron chi connectivity index (χ4n) is 3.20. The SMILES string of the molecule is O=C(/C=C/c1cccc(F)c1F)NCC1Cc2cc(Cl)cc(-c3ncccn3)c2O1. The van der Waals surface area contributed by atoms with Gasteiger partial charge in [0.15, 0.2) is 17.5 Å². The molecule has 8 heteroatoms. The van der Waals surface area contributed by atoms with Gasteiger partial charge in [0.1, 0.15) is 11.9 Å². The summed E-state index contributed by atoms with van der Waals surface area (Å²) in [6.45, 7) is 0.232. The summed E-state index contributed by atoms with van der Waals surface area (Å²) < 4.78 is 32.9. The Morgan fingerprint density at radius 1 is 1.23 bits per heavy atom. The number of rotatable bonds is 5. The number of halogens is 3. The van der Waals surface area contributed by atoms with Gasteiger partial charge in [-0.1, -0.05) is 23.7 Å². The molecule has 1 amide bonds. The maximum absolute atomic E-state index is 13.6. The zero-order valence-electron chi connectivity index (χ0n) is 15.6. The predicted octanol–water partition coefficient (Wildman–Crippen LogP) is 4.21. The summed E-state index contributed by atoms with van der Waals surface area (Å²) >= 11 is 6.23. The Bertz CT molecular complexity index is 1120. The van der Waals surface area contributed by atoms with Crippen LogP contribution in [0.5, 0.6) is 5.75 Å². The van der Waals surface area contributed by atoms with Crippen LogP contribution in [0, 0.1) is 11.6 Å². The van der Waals surface area contributed by atoms with Gasteiger partial charge in [0, 0.05) is 41.0 Å². The van der Waals surface area contributed by atoms with Gasteiger partial charge in [0.05, 0.1) is 12.1 Å². The van der Waals surface area contributed by atoms with Gasteiger partial charge in [-0.05, 0) is 30.3 Å². The highest BCUT2D eigenvalue weighted by molar-refractivity contribution is 6.31. The van der Waals surface area contributed by atoms with Crippen LogP contribution in [-0.2, 0) is 11.2 Å². The zero-order valence-corrected chi connectivity index (χ0v) is 16.4. The molecule has 2 aromatic carbocycles. The molecule has 0 saturated carbocycles. The first kappa shape index (κ1) is 20.0. The Balaban J connectivity index is 1.41. The van der Waals surface area contributed by atoms with Crippen molar-refractivity contribution in [1.82, 2.24) is 15.3 Å². The highest BCUT2D eigenvalue weighted by Gasteiger charge is 2.27. The first-order valence-corrected chi connectivity index (χ1v) is 9.55. The van der Waals surface area contributed by atoms with Crippen molar-refractivity contribution in [3.05, 3.63) is 82.7 Å². The van der Waals surface area contributed by atoms with Crippen molar-refractivity contribution < 1.29 is 18.3 Å². The van der Waals surface area contributed by atoms with E-state index >= 15 is 0 Å². The highest BCUT2D eigenvalue weighted by atomic mass is 35.5. The molecule has 1 aliphatic rings. The van der Waals surface area contributed by atoms with E-state index in [1.165, 1.54) is 18.2 Å². The summed E-state index contributed by atoms with van der Waals surface area (Å²) in [6, 6.07) is 9.05. The van der Waals surface area contributed by atoms with E-state index in [1.54, 1.807) is 24.5 Å². The van der Waals surface area contributed by atoms with Gasteiger partial charge in [-0.25, -0.2) is 18.7 Å². The molecule has 1 aliphatic heterocycles. The standard InChI is InChI=1S/C22H16ClF2N3O2/c23-15-9-14-10-16(30-21(14)17(11-15)22-26-7-2-8-27-22)12-28-19(29)6-5-13-3-1-4-18(24)20(13)25/h1-9,11,16H,10,12H2,(H,28,29)/b6-5+. The van der Waals surface area contributed by atoms with Crippen molar-refractivity contribution in [3.8, 4) is 17.1 Å². The average molecular weight is 428 g/mol. The van der Waals surface area contributed by atoms with Crippen molar-refractivity contribution >= 4 is 23.6 Å². The van der Waals surface area contributed by atoms with Gasteiger partial charge < -0.3 is 10.1 Å². The summed E-state index contributed by atoms with van der Waals surface area (Å²) in [7, 11) is 0. The number of fused-ring (bicyclic) bond motifs is 1. The Morgan fingerprint density at radius 2 is 2.03 bits per heavy atom. The van der Waals surface area contributed by atoms with E-state index in [4.69, 9.17) is 16.3 Å². The lowest BCUT2D eigenvalue weighted by molar-refractivity contribution is -0.116. The van der Waals surface area contributed by atoms with Crippen LogP contribution in [0.15, 0.2) is 54.9 Å². The van der Waals surface area contributed by atoms with Crippen LogP contribution in [0.25, 0.3) is 17.5 Å². The maximum Gasteiger partial charge on any atom is 0.244 e. The van der Waals surface area contributed by atoms with Crippen LogP contribution < -0.4 is 10.1 Å². The van der Waals surface area contributed by atoms with E-state index < -0.39 is 17.5 Å². The van der Waals surface area contributed by atoms with Crippen LogP contribution in [-0.4, -0.2) is 28.5 Å². The largest absolute Gasteiger partial charge is 0.487 e. The van der Waals surface area contributed by atoms with Crippen LogP contribution in [0.2, 0.25) is 5.02 Å². The molecule has 4 rings (SSSR count). The van der Waals surface area contributed by atoms with Crippen LogP contribution >= 0.6 is 11.6 Å². The smallest absolute Gasteiger partial charge is 0.244 e. The molecule has 2 heterocycles. The number of nitrogens with zero attached hydrogens (tertiary/aromatic N) is 2. The van der Waals surface area contributed by atoms with Crippen molar-refractivity contribution in [1.29, 1.82) is 0 Å². The molecule has 0 fully saturated rings. The normalized spacial score (nSPS) is 15.1. The molecule has 1 unspecified atom stereocenters. The van der Waals surface area contributed by atoms with E-state index in [0.717, 1.165) is 17.7 Å². The lowest BCUT2D eigenvalue weighted by atomic mass is 10.1. The molecule has 0 bridgehead atoms. The van der Waals surface area contributed by atoms with Crippen LogP contribution in [0.3, 0.4) is 0 Å². The van der Waals surface area contributed by atoms with Gasteiger partial charge in [0.2, 0.25) is 5.91 Å². The molecule has 5 nitrogen and oxygen atoms in total. The summed E-state index contributed by atoms with van der Waals surface area (Å²) in [5.41, 5.74) is 1.59. The maximum atomic E-state index is 13.6. The molecule has 1 N–H and O–H groups in total. The second kappa shape index (κ2) is 8.59. The molecule has 0 spiro atoms. The third-order valence-electron chi connectivity index (χ3n) is 4.57. The second-order valence-corrected chi connectivity index (χ2v) is 7.12. The quantitative estimate of drug-likeness (QED) is 0.619. The molecule has 1 aromatic heterocycles. The number of benzene rings is 2. The summed E-state index contributed by atoms with van der Waals surface area (Å²) in [4.78, 5) is 20.6. The minimum atomic E-state index is -0.997. The molecule has 1 atom stereocenters. The van der Waals surface area contributed by atoms with E-state index in [2.05, 4.69) is 15.3 Å². The van der Waals surface area contributed by atoms with Gasteiger partial charge in [-0.3, -0.25) is 4.79 Å². The first-order chi connectivity index (χ1) is 14.5. The molecule has 0 saturated heterocycles. The molecule has 0 aliphatic carbocycles. The predicted molar refractivity (Wildman–Crippen MR) is 109 cm³/mol. The molecule has 0 radical (unpaired) electrons. The Morgan fingerprint density at radius 3 is 2.83 bits per heavy atom. The van der Waals surface area contributed by atoms with E-state index in [9.17, 15) is 13.6 Å². The van der Waals surface area contributed by atoms with Crippen LogP contribution in [0.4, 0.5) is 8.78 Å². The van der Waals surface area contributed by atoms with Crippen LogP contribution in [0.1, 0.15) is 11.1 Å². The summed E-state index contributed by atoms with van der Waals surface area (Å²) in [5.74, 6) is -1.26. The number of amides is 1. The fraction of sp³-hybridized carbons (Fsp3) is 0.136. The minimum Gasteiger partial charge on any atom is -0.487 e. The fourth-order valence-corrected chi connectivity index (χ4v) is 3.44. The number of ether oxygens (including phenoxy) is 1. The number of aromatic nitrogens is 2. The lowest BCUT2D eigenvalue weighted by Gasteiger charge is -2.12. The van der Waals surface area contributed by atoms with Gasteiger partial charge in [-0.15, -0.1) is 0 Å². The lowest BCUT2D eigenvalue weighted by Crippen LogP contribution is -2.33. The van der Waals surface area contributed by atoms with Crippen molar-refractivity contribution in [2.24, 2.45) is 0 Å². The molecule has 3 aromatic rings. The molecule has 152 valence electrons. The molecule has 30 heavy (non-hydrogen) atoms. The third kappa shape index (κ3) is 4.31. The monoisotopic (exact) mass is 427 g/mol. The van der Waals surface area contributed by atoms with Crippen molar-refractivity contribution in [2.45, 2.75) is 12.5 Å². The zero-order chi connectivity index (χ0) is 21.1. The van der Waals surface area contributed by atoms with E-state index in [1.807, 2.05) is 6.07 Å². The van der Waals surface area contributed by atoms with Gasteiger partial charge in [0.25, 0.3) is 0 Å². The first-order valence-electron chi connectivity index (χ1n) is 9.17. The number of nitrogens with one attached hydrogen (secondary N) is 1. The summed E-state index contributed by atoms with van der Waals surface area (Å²) in [6.07, 6.45) is 5.90. The van der Waals surface area contributed by atoms with E-state index in [0.29, 0.717) is 28.6 Å². The van der Waals surface area contributed by atoms with E-state index in [-0.39, 0.29) is 18.2 Å². The number of carbonyl (C=O) groups excluding carboxylic acids is 1. The second-order valence-electron chi connectivity index (χ2n) is 6.68. The van der Waals surface area contributed by atoms with Gasteiger partial charge in [-0.2, -0.15) is 0 Å². The third-order valence-corrected chi connectivity index (χ3v) is 4.79. The molecular weight excluding hydrogens is 412 g/mol. The topological polar surface area (TPSA) is 64.1 Å². The molecular formula is C22H16ClF2N3O2. The summed E-state index contributed by atoms with van der Waals surface area (Å²) in [5, 5.41) is 3.25. The highest BCUT2D eigenvalue weighted by Crippen LogP contribution is 2.39. The Kier molecular flexibility index (Phi) is 5.72. The number of carbonyl (C=O) groups is 1. The van der Waals surface area contributed by atoms with Gasteiger partial charge >= 0.3 is 0 Å². The Labute approximate surface area is 176 Å². The number of hydrogen-bond donors (Lipinski definition) is 1. The minimum absolute atomic E-state index is 0.00295. The average Bonchev–Trinajstić information content (AvgIpc) is 3.16. The van der Waals surface area contributed by atoms with Crippen molar-refractivity contribution in [2.75, 3.05) is 6.54 Å². The van der Waals surface area contributed by atoms with Crippen molar-refractivity contribution in [3.63, 3.8) is 0 Å². The Hall–Kier alpha value is -3.32. The number of hydrogen-bond acceptors (Lipinski definition) is 4.